The number of hydrogen-bond donors (Lipinski definition) is 1. The molecule has 1 unspecified atom stereocenters. The van der Waals surface area contributed by atoms with E-state index in [2.05, 4.69) is 15.9 Å². The molecule has 5 heteroatoms. The van der Waals surface area contributed by atoms with Gasteiger partial charge in [-0.3, -0.25) is 0 Å². The molecular weight excluding hydrogens is 337 g/mol. The lowest BCUT2D eigenvalue weighted by molar-refractivity contribution is 0.145. The van der Waals surface area contributed by atoms with Crippen LogP contribution in [0, 0.1) is 5.82 Å². The lowest BCUT2D eigenvalue weighted by Gasteiger charge is -2.19. The van der Waals surface area contributed by atoms with Gasteiger partial charge in [0.2, 0.25) is 0 Å². The molecule has 0 saturated heterocycles. The quantitative estimate of drug-likeness (QED) is 0.806. The number of para-hydroxylation sites is 1. The van der Waals surface area contributed by atoms with E-state index in [1.54, 1.807) is 19.2 Å². The van der Waals surface area contributed by atoms with E-state index in [-0.39, 0.29) is 5.82 Å². The van der Waals surface area contributed by atoms with Gasteiger partial charge in [0.1, 0.15) is 18.2 Å². The van der Waals surface area contributed by atoms with Gasteiger partial charge in [0, 0.05) is 22.7 Å². The van der Waals surface area contributed by atoms with Crippen LogP contribution in [0.15, 0.2) is 46.9 Å². The minimum Gasteiger partial charge on any atom is -0.491 e. The van der Waals surface area contributed by atoms with E-state index in [4.69, 9.17) is 15.2 Å². The first kappa shape index (κ1) is 15.9. The Bertz CT molecular complexity index is 586. The second-order valence-electron chi connectivity index (χ2n) is 4.49. The molecule has 0 saturated carbocycles. The summed E-state index contributed by atoms with van der Waals surface area (Å²) in [5.41, 5.74) is 7.39. The van der Waals surface area contributed by atoms with Crippen molar-refractivity contribution in [2.24, 2.45) is 5.73 Å². The molecule has 0 radical (unpaired) electrons. The van der Waals surface area contributed by atoms with Crippen molar-refractivity contribution in [3.05, 3.63) is 63.9 Å². The Balaban J connectivity index is 2.32. The topological polar surface area (TPSA) is 44.5 Å². The number of rotatable bonds is 6. The van der Waals surface area contributed by atoms with Gasteiger partial charge in [0.15, 0.2) is 0 Å². The number of nitrogens with two attached hydrogens (primary N) is 1. The summed E-state index contributed by atoms with van der Waals surface area (Å²) in [6, 6.07) is 11.6. The summed E-state index contributed by atoms with van der Waals surface area (Å²) in [6.07, 6.45) is 0. The van der Waals surface area contributed by atoms with E-state index in [1.807, 2.05) is 24.3 Å². The monoisotopic (exact) mass is 353 g/mol. The Hall–Kier alpha value is -1.43. The van der Waals surface area contributed by atoms with Gasteiger partial charge in [0.05, 0.1) is 12.6 Å². The van der Waals surface area contributed by atoms with Gasteiger partial charge in [0.25, 0.3) is 0 Å². The maximum Gasteiger partial charge on any atom is 0.129 e. The van der Waals surface area contributed by atoms with E-state index in [9.17, 15) is 4.39 Å². The molecule has 2 N–H and O–H groups in total. The van der Waals surface area contributed by atoms with Crippen LogP contribution in [0.5, 0.6) is 5.75 Å². The predicted molar refractivity (Wildman–Crippen MR) is 83.9 cm³/mol. The number of hydrogen-bond acceptors (Lipinski definition) is 3. The smallest absolute Gasteiger partial charge is 0.129 e. The molecule has 0 bridgehead atoms. The maximum atomic E-state index is 14.1. The Morgan fingerprint density at radius 2 is 1.90 bits per heavy atom. The van der Waals surface area contributed by atoms with Crippen molar-refractivity contribution in [1.29, 1.82) is 0 Å². The molecule has 1 atom stereocenters. The first-order valence-corrected chi connectivity index (χ1v) is 7.34. The van der Waals surface area contributed by atoms with Crippen LogP contribution < -0.4 is 10.5 Å². The molecule has 2 aromatic carbocycles. The zero-order chi connectivity index (χ0) is 15.2. The first-order valence-electron chi connectivity index (χ1n) is 6.55. The highest BCUT2D eigenvalue weighted by atomic mass is 79.9. The van der Waals surface area contributed by atoms with Crippen molar-refractivity contribution in [3.8, 4) is 5.75 Å². The Morgan fingerprint density at radius 1 is 1.14 bits per heavy atom. The van der Waals surface area contributed by atoms with Crippen LogP contribution in [0.1, 0.15) is 17.2 Å². The third kappa shape index (κ3) is 3.81. The standard InChI is InChI=1S/C16H17BrFNO2/c1-20-9-10-21-14-8-3-2-5-11(14)16(19)15-12(17)6-4-7-13(15)18/h2-8,16H,9-10,19H2,1H3. The van der Waals surface area contributed by atoms with Gasteiger partial charge >= 0.3 is 0 Å². The summed E-state index contributed by atoms with van der Waals surface area (Å²) in [7, 11) is 1.61. The average molecular weight is 354 g/mol. The van der Waals surface area contributed by atoms with E-state index in [0.717, 1.165) is 5.56 Å². The van der Waals surface area contributed by atoms with Crippen LogP contribution in [0.2, 0.25) is 0 Å². The van der Waals surface area contributed by atoms with E-state index >= 15 is 0 Å². The molecule has 2 rings (SSSR count). The Labute approximate surface area is 132 Å². The van der Waals surface area contributed by atoms with Crippen molar-refractivity contribution < 1.29 is 13.9 Å². The zero-order valence-electron chi connectivity index (χ0n) is 11.7. The van der Waals surface area contributed by atoms with Crippen molar-refractivity contribution in [2.75, 3.05) is 20.3 Å². The van der Waals surface area contributed by atoms with E-state index in [1.165, 1.54) is 6.07 Å². The molecule has 0 aliphatic heterocycles. The fourth-order valence-electron chi connectivity index (χ4n) is 2.07. The highest BCUT2D eigenvalue weighted by molar-refractivity contribution is 9.10. The summed E-state index contributed by atoms with van der Waals surface area (Å²) in [6.45, 7) is 0.894. The van der Waals surface area contributed by atoms with Gasteiger partial charge < -0.3 is 15.2 Å². The molecule has 0 amide bonds. The second-order valence-corrected chi connectivity index (χ2v) is 5.35. The van der Waals surface area contributed by atoms with Crippen LogP contribution in [0.4, 0.5) is 4.39 Å². The van der Waals surface area contributed by atoms with E-state index in [0.29, 0.717) is 29.0 Å². The van der Waals surface area contributed by atoms with Crippen LogP contribution in [-0.2, 0) is 4.74 Å². The Kier molecular flexibility index (Phi) is 5.73. The number of benzene rings is 2. The van der Waals surface area contributed by atoms with Crippen LogP contribution in [0.25, 0.3) is 0 Å². The molecule has 0 fully saturated rings. The highest BCUT2D eigenvalue weighted by Gasteiger charge is 2.19. The van der Waals surface area contributed by atoms with Gasteiger partial charge in [-0.2, -0.15) is 0 Å². The molecule has 0 spiro atoms. The molecule has 0 heterocycles. The fourth-order valence-corrected chi connectivity index (χ4v) is 2.66. The molecule has 21 heavy (non-hydrogen) atoms. The summed E-state index contributed by atoms with van der Waals surface area (Å²) >= 11 is 3.35. The molecular formula is C16H17BrFNO2. The third-order valence-corrected chi connectivity index (χ3v) is 3.80. The minimum absolute atomic E-state index is 0.344. The van der Waals surface area contributed by atoms with Crippen LogP contribution in [-0.4, -0.2) is 20.3 Å². The van der Waals surface area contributed by atoms with Gasteiger partial charge in [-0.15, -0.1) is 0 Å². The van der Waals surface area contributed by atoms with Crippen molar-refractivity contribution in [1.82, 2.24) is 0 Å². The zero-order valence-corrected chi connectivity index (χ0v) is 13.3. The number of ether oxygens (including phenoxy) is 2. The molecule has 3 nitrogen and oxygen atoms in total. The second kappa shape index (κ2) is 7.54. The lowest BCUT2D eigenvalue weighted by Crippen LogP contribution is -2.16. The van der Waals surface area contributed by atoms with Crippen molar-refractivity contribution in [3.63, 3.8) is 0 Å². The molecule has 2 aromatic rings. The summed E-state index contributed by atoms with van der Waals surface area (Å²) in [5.74, 6) is 0.292. The van der Waals surface area contributed by atoms with Crippen molar-refractivity contribution >= 4 is 15.9 Å². The first-order chi connectivity index (χ1) is 10.1. The predicted octanol–water partition coefficient (Wildman–Crippen LogP) is 3.66. The minimum atomic E-state index is -0.612. The molecule has 0 aliphatic rings. The van der Waals surface area contributed by atoms with Gasteiger partial charge in [-0.05, 0) is 18.2 Å². The highest BCUT2D eigenvalue weighted by Crippen LogP contribution is 2.33. The van der Waals surface area contributed by atoms with Gasteiger partial charge in [-0.1, -0.05) is 40.2 Å². The van der Waals surface area contributed by atoms with Crippen LogP contribution >= 0.6 is 15.9 Å². The summed E-state index contributed by atoms with van der Waals surface area (Å²) in [5, 5.41) is 0. The number of methoxy groups -OCH3 is 1. The van der Waals surface area contributed by atoms with E-state index < -0.39 is 6.04 Å². The average Bonchev–Trinajstić information content (AvgIpc) is 2.47. The van der Waals surface area contributed by atoms with Crippen LogP contribution in [0.3, 0.4) is 0 Å². The number of halogens is 2. The lowest BCUT2D eigenvalue weighted by atomic mass is 9.98. The normalized spacial score (nSPS) is 12.2. The molecule has 0 aromatic heterocycles. The molecule has 0 aliphatic carbocycles. The third-order valence-electron chi connectivity index (χ3n) is 3.11. The largest absolute Gasteiger partial charge is 0.491 e. The van der Waals surface area contributed by atoms with Gasteiger partial charge in [-0.25, -0.2) is 4.39 Å². The van der Waals surface area contributed by atoms with Crippen molar-refractivity contribution in [2.45, 2.75) is 6.04 Å². The Morgan fingerprint density at radius 3 is 2.62 bits per heavy atom. The summed E-state index contributed by atoms with van der Waals surface area (Å²) < 4.78 is 25.3. The molecule has 112 valence electrons. The maximum absolute atomic E-state index is 14.1. The summed E-state index contributed by atoms with van der Waals surface area (Å²) in [4.78, 5) is 0. The SMILES string of the molecule is COCCOc1ccccc1C(N)c1c(F)cccc1Br. The fraction of sp³-hybridized carbons (Fsp3) is 0.250.